The number of hydrogen-bond donors (Lipinski definition) is 0. The lowest BCUT2D eigenvalue weighted by molar-refractivity contribution is 1.28. The molecule has 0 amide bonds. The van der Waals surface area contributed by atoms with Gasteiger partial charge in [0.05, 0.1) is 5.69 Å². The lowest BCUT2D eigenvalue weighted by Gasteiger charge is -2.28. The predicted molar refractivity (Wildman–Crippen MR) is 192 cm³/mol. The second-order valence-electron chi connectivity index (χ2n) is 11.4. The maximum atomic E-state index is 2.39. The van der Waals surface area contributed by atoms with Crippen molar-refractivity contribution in [2.24, 2.45) is 0 Å². The molecule has 0 atom stereocenters. The molecular formula is C44H31N. The fraction of sp³-hybridized carbons (Fsp3) is 0. The van der Waals surface area contributed by atoms with E-state index in [1.807, 2.05) is 0 Å². The third kappa shape index (κ3) is 5.05. The number of benzene rings is 8. The van der Waals surface area contributed by atoms with Gasteiger partial charge in [0.1, 0.15) is 0 Å². The summed E-state index contributed by atoms with van der Waals surface area (Å²) < 4.78 is 0. The molecule has 1 heteroatoms. The van der Waals surface area contributed by atoms with Gasteiger partial charge in [-0.25, -0.2) is 0 Å². The Labute approximate surface area is 264 Å². The number of nitrogens with zero attached hydrogens (tertiary/aromatic N) is 1. The second kappa shape index (κ2) is 11.6. The summed E-state index contributed by atoms with van der Waals surface area (Å²) in [4.78, 5) is 2.39. The number of anilines is 3. The van der Waals surface area contributed by atoms with Gasteiger partial charge < -0.3 is 4.90 Å². The Morgan fingerprint density at radius 2 is 0.867 bits per heavy atom. The van der Waals surface area contributed by atoms with Crippen LogP contribution in [0.3, 0.4) is 0 Å². The molecule has 1 nitrogen and oxygen atoms in total. The van der Waals surface area contributed by atoms with Gasteiger partial charge in [-0.15, -0.1) is 0 Å². The SMILES string of the molecule is c1ccc(-c2cccc(N(c3ccc(-c4cc5ccccc5c5ccccc45)cc3)c3ccccc3-c3ccccc3)c2)cc1. The van der Waals surface area contributed by atoms with E-state index < -0.39 is 0 Å². The van der Waals surface area contributed by atoms with Crippen LogP contribution in [0.25, 0.3) is 54.9 Å². The molecule has 0 fully saturated rings. The van der Waals surface area contributed by atoms with E-state index >= 15 is 0 Å². The van der Waals surface area contributed by atoms with E-state index in [-0.39, 0.29) is 0 Å². The molecule has 212 valence electrons. The van der Waals surface area contributed by atoms with Gasteiger partial charge in [-0.3, -0.25) is 0 Å². The molecule has 0 aliphatic carbocycles. The zero-order valence-electron chi connectivity index (χ0n) is 24.8. The molecule has 0 spiro atoms. The fourth-order valence-electron chi connectivity index (χ4n) is 6.50. The first-order chi connectivity index (χ1) is 22.3. The van der Waals surface area contributed by atoms with Crippen LogP contribution in [0.5, 0.6) is 0 Å². The van der Waals surface area contributed by atoms with Crippen LogP contribution in [-0.4, -0.2) is 0 Å². The normalized spacial score (nSPS) is 11.1. The summed E-state index contributed by atoms with van der Waals surface area (Å²) in [6, 6.07) is 67.6. The van der Waals surface area contributed by atoms with Crippen LogP contribution < -0.4 is 4.90 Å². The van der Waals surface area contributed by atoms with Crippen LogP contribution in [0.15, 0.2) is 188 Å². The molecular weight excluding hydrogens is 542 g/mol. The maximum Gasteiger partial charge on any atom is 0.0540 e. The van der Waals surface area contributed by atoms with Gasteiger partial charge in [-0.05, 0) is 85.8 Å². The summed E-state index contributed by atoms with van der Waals surface area (Å²) in [7, 11) is 0. The number of fused-ring (bicyclic) bond motifs is 3. The summed E-state index contributed by atoms with van der Waals surface area (Å²) in [6.45, 7) is 0. The van der Waals surface area contributed by atoms with Crippen LogP contribution in [0.4, 0.5) is 17.1 Å². The van der Waals surface area contributed by atoms with Crippen molar-refractivity contribution in [2.75, 3.05) is 4.90 Å². The summed E-state index contributed by atoms with van der Waals surface area (Å²) >= 11 is 0. The van der Waals surface area contributed by atoms with Crippen LogP contribution >= 0.6 is 0 Å². The Balaban J connectivity index is 1.29. The molecule has 0 aromatic heterocycles. The first-order valence-corrected chi connectivity index (χ1v) is 15.4. The molecule has 0 saturated heterocycles. The van der Waals surface area contributed by atoms with Crippen LogP contribution in [0.2, 0.25) is 0 Å². The van der Waals surface area contributed by atoms with Crippen molar-refractivity contribution in [3.05, 3.63) is 188 Å². The third-order valence-corrected chi connectivity index (χ3v) is 8.65. The average Bonchev–Trinajstić information content (AvgIpc) is 3.13. The highest BCUT2D eigenvalue weighted by Gasteiger charge is 2.18. The summed E-state index contributed by atoms with van der Waals surface area (Å²) in [5.41, 5.74) is 10.6. The minimum Gasteiger partial charge on any atom is -0.310 e. The quantitative estimate of drug-likeness (QED) is 0.179. The van der Waals surface area contributed by atoms with Crippen molar-refractivity contribution in [3.8, 4) is 33.4 Å². The molecule has 0 aliphatic heterocycles. The molecule has 0 radical (unpaired) electrons. The third-order valence-electron chi connectivity index (χ3n) is 8.65. The number of rotatable bonds is 6. The highest BCUT2D eigenvalue weighted by molar-refractivity contribution is 6.13. The van der Waals surface area contributed by atoms with Gasteiger partial charge in [0.2, 0.25) is 0 Å². The van der Waals surface area contributed by atoms with E-state index in [0.717, 1.165) is 17.1 Å². The summed E-state index contributed by atoms with van der Waals surface area (Å²) in [5, 5.41) is 5.10. The largest absolute Gasteiger partial charge is 0.310 e. The molecule has 0 N–H and O–H groups in total. The minimum absolute atomic E-state index is 1.11. The first kappa shape index (κ1) is 26.7. The predicted octanol–water partition coefficient (Wildman–Crippen LogP) is 12.5. The smallest absolute Gasteiger partial charge is 0.0540 e. The topological polar surface area (TPSA) is 3.24 Å². The van der Waals surface area contributed by atoms with E-state index in [4.69, 9.17) is 0 Å². The van der Waals surface area contributed by atoms with Crippen molar-refractivity contribution in [1.29, 1.82) is 0 Å². The lowest BCUT2D eigenvalue weighted by Crippen LogP contribution is -2.11. The Hall–Kier alpha value is -5.92. The highest BCUT2D eigenvalue weighted by Crippen LogP contribution is 2.43. The van der Waals surface area contributed by atoms with Gasteiger partial charge in [0, 0.05) is 16.9 Å². The summed E-state index contributed by atoms with van der Waals surface area (Å²) in [6.07, 6.45) is 0. The summed E-state index contributed by atoms with van der Waals surface area (Å²) in [5.74, 6) is 0. The van der Waals surface area contributed by atoms with E-state index in [9.17, 15) is 0 Å². The molecule has 0 heterocycles. The maximum absolute atomic E-state index is 2.39. The van der Waals surface area contributed by atoms with Gasteiger partial charge in [-0.2, -0.15) is 0 Å². The highest BCUT2D eigenvalue weighted by atomic mass is 15.1. The Morgan fingerprint density at radius 1 is 0.289 bits per heavy atom. The molecule has 0 saturated carbocycles. The van der Waals surface area contributed by atoms with E-state index in [1.165, 1.54) is 54.9 Å². The van der Waals surface area contributed by atoms with Crippen molar-refractivity contribution < 1.29 is 0 Å². The first-order valence-electron chi connectivity index (χ1n) is 15.4. The van der Waals surface area contributed by atoms with E-state index in [1.54, 1.807) is 0 Å². The molecule has 0 unspecified atom stereocenters. The average molecular weight is 574 g/mol. The lowest BCUT2D eigenvalue weighted by atomic mass is 9.93. The Kier molecular flexibility index (Phi) is 6.90. The van der Waals surface area contributed by atoms with Gasteiger partial charge in [-0.1, -0.05) is 152 Å². The molecule has 8 rings (SSSR count). The standard InChI is InChI=1S/C44H31N/c1-3-14-32(15-4-1)35-19-13-20-38(30-35)45(44-25-12-11-22-40(44)33-16-5-2-6-17-33)37-28-26-34(27-29-37)43-31-36-18-7-8-21-39(36)41-23-9-10-24-42(41)43/h1-31H. The number of para-hydroxylation sites is 1. The van der Waals surface area contributed by atoms with Crippen molar-refractivity contribution in [3.63, 3.8) is 0 Å². The second-order valence-corrected chi connectivity index (χ2v) is 11.4. The molecule has 8 aromatic carbocycles. The fourth-order valence-corrected chi connectivity index (χ4v) is 6.50. The van der Waals surface area contributed by atoms with Crippen LogP contribution in [0, 0.1) is 0 Å². The van der Waals surface area contributed by atoms with Gasteiger partial charge >= 0.3 is 0 Å². The zero-order chi connectivity index (χ0) is 30.0. The molecule has 45 heavy (non-hydrogen) atoms. The van der Waals surface area contributed by atoms with Crippen LogP contribution in [0.1, 0.15) is 0 Å². The van der Waals surface area contributed by atoms with Crippen molar-refractivity contribution in [1.82, 2.24) is 0 Å². The zero-order valence-corrected chi connectivity index (χ0v) is 24.8. The Bertz CT molecular complexity index is 2250. The molecule has 0 bridgehead atoms. The molecule has 8 aromatic rings. The van der Waals surface area contributed by atoms with Gasteiger partial charge in [0.15, 0.2) is 0 Å². The minimum atomic E-state index is 1.11. The number of hydrogen-bond acceptors (Lipinski definition) is 1. The Morgan fingerprint density at radius 3 is 1.64 bits per heavy atom. The van der Waals surface area contributed by atoms with E-state index in [2.05, 4.69) is 193 Å². The van der Waals surface area contributed by atoms with Crippen molar-refractivity contribution in [2.45, 2.75) is 0 Å². The molecule has 0 aliphatic rings. The van der Waals surface area contributed by atoms with Crippen LogP contribution in [-0.2, 0) is 0 Å². The van der Waals surface area contributed by atoms with Crippen molar-refractivity contribution >= 4 is 38.6 Å². The van der Waals surface area contributed by atoms with E-state index in [0.29, 0.717) is 0 Å². The van der Waals surface area contributed by atoms with Gasteiger partial charge in [0.25, 0.3) is 0 Å². The monoisotopic (exact) mass is 573 g/mol.